The Bertz CT molecular complexity index is 431. The van der Waals surface area contributed by atoms with E-state index in [0.717, 1.165) is 5.69 Å². The molecule has 0 amide bonds. The lowest BCUT2D eigenvalue weighted by molar-refractivity contribution is 0.217. The van der Waals surface area contributed by atoms with Gasteiger partial charge in [0.15, 0.2) is 12.3 Å². The highest BCUT2D eigenvalue weighted by molar-refractivity contribution is 5.59. The van der Waals surface area contributed by atoms with E-state index >= 15 is 0 Å². The number of rotatable bonds is 1. The van der Waals surface area contributed by atoms with Crippen molar-refractivity contribution in [3.8, 4) is 6.07 Å². The van der Waals surface area contributed by atoms with E-state index in [1.165, 1.54) is 6.20 Å². The van der Waals surface area contributed by atoms with Crippen LogP contribution in [-0.2, 0) is 0 Å². The zero-order valence-corrected chi connectivity index (χ0v) is 8.82. The standard InChI is InChI=1S/C11H11F2N3/c1-7-2-11(8(3-14)4-15-7)16-5-9(12)10(13)6-16/h2,4,9-10H,5-6H2,1H3/t9-,10+. The van der Waals surface area contributed by atoms with Gasteiger partial charge in [0.1, 0.15) is 6.07 Å². The summed E-state index contributed by atoms with van der Waals surface area (Å²) in [6.07, 6.45) is -1.51. The van der Waals surface area contributed by atoms with E-state index in [0.29, 0.717) is 11.3 Å². The van der Waals surface area contributed by atoms with Gasteiger partial charge in [0.2, 0.25) is 0 Å². The maximum Gasteiger partial charge on any atom is 0.150 e. The van der Waals surface area contributed by atoms with E-state index in [1.54, 1.807) is 17.9 Å². The van der Waals surface area contributed by atoms with Gasteiger partial charge < -0.3 is 4.90 Å². The highest BCUT2D eigenvalue weighted by atomic mass is 19.2. The Hall–Kier alpha value is -1.70. The molecule has 2 rings (SSSR count). The van der Waals surface area contributed by atoms with Crippen LogP contribution < -0.4 is 4.90 Å². The number of alkyl halides is 2. The molecule has 5 heteroatoms. The number of hydrogen-bond donors (Lipinski definition) is 0. The molecule has 1 aliphatic heterocycles. The van der Waals surface area contributed by atoms with Gasteiger partial charge in [0.05, 0.1) is 24.3 Å². The molecule has 2 heterocycles. The molecule has 0 spiro atoms. The number of nitrogens with zero attached hydrogens (tertiary/aromatic N) is 3. The number of aryl methyl sites for hydroxylation is 1. The molecule has 0 aliphatic carbocycles. The fourth-order valence-electron chi connectivity index (χ4n) is 1.81. The van der Waals surface area contributed by atoms with Crippen molar-refractivity contribution in [3.63, 3.8) is 0 Å². The SMILES string of the molecule is Cc1cc(N2C[C@@H](F)[C@@H](F)C2)c(C#N)cn1. The number of nitriles is 1. The van der Waals surface area contributed by atoms with Crippen LogP contribution in [0, 0.1) is 18.3 Å². The molecule has 84 valence electrons. The van der Waals surface area contributed by atoms with Crippen molar-refractivity contribution in [1.29, 1.82) is 5.26 Å². The average molecular weight is 223 g/mol. The van der Waals surface area contributed by atoms with Gasteiger partial charge in [-0.15, -0.1) is 0 Å². The minimum atomic E-state index is -1.47. The second kappa shape index (κ2) is 4.05. The zero-order chi connectivity index (χ0) is 11.7. The lowest BCUT2D eigenvalue weighted by Gasteiger charge is -2.18. The molecule has 0 aromatic carbocycles. The number of aromatic nitrogens is 1. The van der Waals surface area contributed by atoms with Crippen molar-refractivity contribution in [2.75, 3.05) is 18.0 Å². The Morgan fingerprint density at radius 1 is 1.44 bits per heavy atom. The molecule has 0 unspecified atom stereocenters. The van der Waals surface area contributed by atoms with Gasteiger partial charge in [-0.25, -0.2) is 8.78 Å². The summed E-state index contributed by atoms with van der Waals surface area (Å²) in [4.78, 5) is 5.54. The number of anilines is 1. The van der Waals surface area contributed by atoms with Crippen molar-refractivity contribution in [1.82, 2.24) is 4.98 Å². The lowest BCUT2D eigenvalue weighted by Crippen LogP contribution is -2.21. The van der Waals surface area contributed by atoms with E-state index in [9.17, 15) is 8.78 Å². The highest BCUT2D eigenvalue weighted by Gasteiger charge is 2.33. The van der Waals surface area contributed by atoms with E-state index in [-0.39, 0.29) is 13.1 Å². The average Bonchev–Trinajstić information content (AvgIpc) is 2.59. The largest absolute Gasteiger partial charge is 0.364 e. The molecule has 2 atom stereocenters. The van der Waals surface area contributed by atoms with Crippen LogP contribution >= 0.6 is 0 Å². The molecule has 1 fully saturated rings. The summed E-state index contributed by atoms with van der Waals surface area (Å²) in [5.74, 6) is 0. The van der Waals surface area contributed by atoms with Gasteiger partial charge >= 0.3 is 0 Å². The number of pyridine rings is 1. The first-order chi connectivity index (χ1) is 7.61. The predicted molar refractivity (Wildman–Crippen MR) is 55.7 cm³/mol. The van der Waals surface area contributed by atoms with Crippen molar-refractivity contribution in [2.24, 2.45) is 0 Å². The smallest absolute Gasteiger partial charge is 0.150 e. The van der Waals surface area contributed by atoms with Crippen molar-refractivity contribution in [2.45, 2.75) is 19.3 Å². The first kappa shape index (κ1) is 10.8. The maximum atomic E-state index is 13.1. The fourth-order valence-corrected chi connectivity index (χ4v) is 1.81. The van der Waals surface area contributed by atoms with Crippen LogP contribution in [0.15, 0.2) is 12.3 Å². The molecule has 1 saturated heterocycles. The highest BCUT2D eigenvalue weighted by Crippen LogP contribution is 2.26. The number of halogens is 2. The van der Waals surface area contributed by atoms with Crippen molar-refractivity contribution >= 4 is 5.69 Å². The molecule has 0 saturated carbocycles. The Morgan fingerprint density at radius 2 is 2.06 bits per heavy atom. The third-order valence-corrected chi connectivity index (χ3v) is 2.66. The molecule has 16 heavy (non-hydrogen) atoms. The van der Waals surface area contributed by atoms with E-state index < -0.39 is 12.3 Å². The van der Waals surface area contributed by atoms with E-state index in [4.69, 9.17) is 5.26 Å². The molecular formula is C11H11F2N3. The van der Waals surface area contributed by atoms with Gasteiger partial charge in [-0.1, -0.05) is 0 Å². The molecule has 0 radical (unpaired) electrons. The summed E-state index contributed by atoms with van der Waals surface area (Å²) in [5, 5.41) is 8.90. The summed E-state index contributed by atoms with van der Waals surface area (Å²) >= 11 is 0. The normalized spacial score (nSPS) is 24.5. The van der Waals surface area contributed by atoms with Crippen LogP contribution in [0.5, 0.6) is 0 Å². The topological polar surface area (TPSA) is 39.9 Å². The van der Waals surface area contributed by atoms with Crippen LogP contribution in [-0.4, -0.2) is 30.4 Å². The lowest BCUT2D eigenvalue weighted by atomic mass is 10.2. The van der Waals surface area contributed by atoms with Crippen molar-refractivity contribution in [3.05, 3.63) is 23.5 Å². The summed E-state index contributed by atoms with van der Waals surface area (Å²) in [6, 6.07) is 3.66. The molecule has 3 nitrogen and oxygen atoms in total. The van der Waals surface area contributed by atoms with Crippen LogP contribution in [0.2, 0.25) is 0 Å². The van der Waals surface area contributed by atoms with Gasteiger partial charge in [-0.05, 0) is 13.0 Å². The molecule has 1 aliphatic rings. The van der Waals surface area contributed by atoms with Crippen LogP contribution in [0.4, 0.5) is 14.5 Å². The monoisotopic (exact) mass is 223 g/mol. The minimum absolute atomic E-state index is 0.000694. The molecule has 1 aromatic rings. The fraction of sp³-hybridized carbons (Fsp3) is 0.455. The summed E-state index contributed by atoms with van der Waals surface area (Å²) in [7, 11) is 0. The van der Waals surface area contributed by atoms with Gasteiger partial charge in [-0.3, -0.25) is 4.98 Å². The van der Waals surface area contributed by atoms with Crippen molar-refractivity contribution < 1.29 is 8.78 Å². The van der Waals surface area contributed by atoms with Gasteiger partial charge in [0.25, 0.3) is 0 Å². The summed E-state index contributed by atoms with van der Waals surface area (Å²) in [5.41, 5.74) is 1.65. The first-order valence-corrected chi connectivity index (χ1v) is 5.01. The van der Waals surface area contributed by atoms with Gasteiger partial charge in [0, 0.05) is 11.9 Å². The quantitative estimate of drug-likeness (QED) is 0.728. The summed E-state index contributed by atoms with van der Waals surface area (Å²) < 4.78 is 26.1. The Labute approximate surface area is 92.3 Å². The second-order valence-corrected chi connectivity index (χ2v) is 3.89. The zero-order valence-electron chi connectivity index (χ0n) is 8.82. The van der Waals surface area contributed by atoms with E-state index in [2.05, 4.69) is 4.98 Å². The first-order valence-electron chi connectivity index (χ1n) is 5.01. The third-order valence-electron chi connectivity index (χ3n) is 2.66. The van der Waals surface area contributed by atoms with E-state index in [1.807, 2.05) is 6.07 Å². The van der Waals surface area contributed by atoms with Crippen LogP contribution in [0.1, 0.15) is 11.3 Å². The minimum Gasteiger partial charge on any atom is -0.364 e. The Kier molecular flexibility index (Phi) is 2.73. The van der Waals surface area contributed by atoms with Crippen LogP contribution in [0.3, 0.4) is 0 Å². The Balaban J connectivity index is 2.34. The van der Waals surface area contributed by atoms with Gasteiger partial charge in [-0.2, -0.15) is 5.26 Å². The maximum absolute atomic E-state index is 13.1. The molecular weight excluding hydrogens is 212 g/mol. The van der Waals surface area contributed by atoms with Crippen LogP contribution in [0.25, 0.3) is 0 Å². The predicted octanol–water partition coefficient (Wildman–Crippen LogP) is 1.76. The molecule has 0 bridgehead atoms. The molecule has 0 N–H and O–H groups in total. The second-order valence-electron chi connectivity index (χ2n) is 3.89. The third kappa shape index (κ3) is 1.83. The summed E-state index contributed by atoms with van der Waals surface area (Å²) in [6.45, 7) is 1.78. The Morgan fingerprint density at radius 3 is 2.62 bits per heavy atom. The molecule has 1 aromatic heterocycles. The number of hydrogen-bond acceptors (Lipinski definition) is 3.